The topological polar surface area (TPSA) is 74.8 Å². The first-order valence-corrected chi connectivity index (χ1v) is 14.1. The molecular weight excluding hydrogens is 536 g/mol. The highest BCUT2D eigenvalue weighted by Crippen LogP contribution is 2.36. The normalized spacial score (nSPS) is 23.8. The molecule has 1 aromatic heterocycles. The van der Waals surface area contributed by atoms with Crippen molar-refractivity contribution in [3.63, 3.8) is 0 Å². The molecule has 0 atom stereocenters. The lowest BCUT2D eigenvalue weighted by Crippen LogP contribution is -2.43. The molecule has 0 spiro atoms. The molecule has 0 bridgehead atoms. The summed E-state index contributed by atoms with van der Waals surface area (Å²) in [5.41, 5.74) is 1.28. The fraction of sp³-hybridized carbons (Fsp3) is 0.593. The smallest absolute Gasteiger partial charge is 0.422 e. The molecule has 1 N–H and O–H groups in total. The first-order valence-electron chi connectivity index (χ1n) is 13.3. The van der Waals surface area contributed by atoms with Gasteiger partial charge in [-0.2, -0.15) is 13.2 Å². The van der Waals surface area contributed by atoms with Crippen LogP contribution in [0.25, 0.3) is 0 Å². The maximum absolute atomic E-state index is 15.7. The number of thiazole rings is 1. The van der Waals surface area contributed by atoms with Crippen molar-refractivity contribution >= 4 is 23.2 Å². The lowest BCUT2D eigenvalue weighted by Gasteiger charge is -2.35. The second-order valence-corrected chi connectivity index (χ2v) is 11.8. The fourth-order valence-electron chi connectivity index (χ4n) is 5.65. The van der Waals surface area contributed by atoms with Crippen molar-refractivity contribution in [2.45, 2.75) is 69.4 Å². The van der Waals surface area contributed by atoms with Crippen LogP contribution in [0.5, 0.6) is 5.19 Å². The van der Waals surface area contributed by atoms with E-state index in [2.05, 4.69) is 15.2 Å². The number of nitrogens with zero attached hydrogens (tertiary/aromatic N) is 3. The fourth-order valence-corrected chi connectivity index (χ4v) is 6.59. The van der Waals surface area contributed by atoms with E-state index < -0.39 is 18.5 Å². The number of carbonyl (C=O) groups is 2. The van der Waals surface area contributed by atoms with Crippen molar-refractivity contribution in [1.82, 2.24) is 20.1 Å². The van der Waals surface area contributed by atoms with Gasteiger partial charge in [0.1, 0.15) is 5.67 Å². The molecule has 12 heteroatoms. The largest absolute Gasteiger partial charge is 0.460 e. The van der Waals surface area contributed by atoms with Gasteiger partial charge in [0.2, 0.25) is 0 Å². The molecule has 2 amide bonds. The van der Waals surface area contributed by atoms with Crippen LogP contribution in [-0.2, 0) is 19.4 Å². The van der Waals surface area contributed by atoms with Crippen molar-refractivity contribution in [3.8, 4) is 5.19 Å². The van der Waals surface area contributed by atoms with Crippen LogP contribution in [0.4, 0.5) is 17.6 Å². The summed E-state index contributed by atoms with van der Waals surface area (Å²) >= 11 is 1.16. The summed E-state index contributed by atoms with van der Waals surface area (Å²) in [7, 11) is 1.71. The van der Waals surface area contributed by atoms with E-state index in [0.717, 1.165) is 27.5 Å². The summed E-state index contributed by atoms with van der Waals surface area (Å²) in [5.74, 6) is -0.306. The Balaban J connectivity index is 1.07. The Morgan fingerprint density at radius 3 is 2.72 bits per heavy atom. The van der Waals surface area contributed by atoms with Gasteiger partial charge in [-0.1, -0.05) is 17.4 Å². The zero-order valence-corrected chi connectivity index (χ0v) is 22.6. The number of carbonyl (C=O) groups excluding carboxylic acids is 2. The maximum Gasteiger partial charge on any atom is 0.422 e. The number of hydrogen-bond donors (Lipinski definition) is 1. The molecular formula is C27H32F4N4O3S. The minimum absolute atomic E-state index is 0.0508. The SMILES string of the molecule is CN1Cc2c(C(=O)NC3CCC(F)(CCN4CCc5nc(OCC(F)(F)F)sc5CC4)CC3)cccc2C1=O. The molecule has 3 heterocycles. The standard InChI is InChI=1S/C27H32F4N4O3S/c1-34-15-20-18(3-2-4-19(20)24(34)37)23(36)32-17-5-9-26(28,10-6-17)11-14-35-12-7-21-22(8-13-35)39-25(33-21)38-16-27(29,30)31/h2-4,17H,5-16H2,1H3,(H,32,36). The lowest BCUT2D eigenvalue weighted by molar-refractivity contribution is -0.153. The quantitative estimate of drug-likeness (QED) is 0.497. The van der Waals surface area contributed by atoms with Crippen molar-refractivity contribution in [2.24, 2.45) is 0 Å². The number of hydrogen-bond acceptors (Lipinski definition) is 6. The molecule has 2 aliphatic heterocycles. The van der Waals surface area contributed by atoms with Gasteiger partial charge >= 0.3 is 6.18 Å². The highest BCUT2D eigenvalue weighted by atomic mass is 32.1. The summed E-state index contributed by atoms with van der Waals surface area (Å²) in [6, 6.07) is 5.08. The minimum atomic E-state index is -4.40. The number of halogens is 4. The van der Waals surface area contributed by atoms with Crippen LogP contribution >= 0.6 is 11.3 Å². The van der Waals surface area contributed by atoms with Crippen molar-refractivity contribution < 1.29 is 31.9 Å². The Kier molecular flexibility index (Phi) is 7.87. The molecule has 0 saturated heterocycles. The van der Waals surface area contributed by atoms with Crippen molar-refractivity contribution in [3.05, 3.63) is 45.5 Å². The van der Waals surface area contributed by atoms with Gasteiger partial charge in [-0.25, -0.2) is 9.37 Å². The molecule has 0 unspecified atom stereocenters. The summed E-state index contributed by atoms with van der Waals surface area (Å²) in [5, 5.41) is 3.10. The van der Waals surface area contributed by atoms with Crippen LogP contribution < -0.4 is 10.1 Å². The van der Waals surface area contributed by atoms with E-state index in [1.807, 2.05) is 0 Å². The third-order valence-electron chi connectivity index (χ3n) is 7.92. The first-order chi connectivity index (χ1) is 18.5. The van der Waals surface area contributed by atoms with Gasteiger partial charge in [0.25, 0.3) is 17.0 Å². The van der Waals surface area contributed by atoms with Crippen LogP contribution in [-0.4, -0.2) is 77.8 Å². The van der Waals surface area contributed by atoms with Gasteiger partial charge in [0.15, 0.2) is 6.61 Å². The van der Waals surface area contributed by atoms with E-state index in [4.69, 9.17) is 4.74 Å². The number of alkyl halides is 4. The Labute approximate surface area is 228 Å². The van der Waals surface area contributed by atoms with Crippen molar-refractivity contribution in [2.75, 3.05) is 33.3 Å². The Hall–Kier alpha value is -2.73. The average molecular weight is 569 g/mol. The summed E-state index contributed by atoms with van der Waals surface area (Å²) in [4.78, 5) is 34.2. The lowest BCUT2D eigenvalue weighted by atomic mass is 9.81. The number of nitrogens with one attached hydrogen (secondary N) is 1. The molecule has 1 fully saturated rings. The van der Waals surface area contributed by atoms with Crippen LogP contribution in [0.3, 0.4) is 0 Å². The Bertz CT molecular complexity index is 1200. The molecule has 0 radical (unpaired) electrons. The van der Waals surface area contributed by atoms with E-state index in [-0.39, 0.29) is 23.0 Å². The van der Waals surface area contributed by atoms with E-state index in [9.17, 15) is 22.8 Å². The van der Waals surface area contributed by atoms with Crippen molar-refractivity contribution in [1.29, 1.82) is 0 Å². The Morgan fingerprint density at radius 1 is 1.23 bits per heavy atom. The van der Waals surface area contributed by atoms with Crippen LogP contribution in [0.1, 0.15) is 69.0 Å². The van der Waals surface area contributed by atoms with Gasteiger partial charge in [0, 0.05) is 61.7 Å². The third kappa shape index (κ3) is 6.54. The molecule has 3 aliphatic rings. The van der Waals surface area contributed by atoms with Gasteiger partial charge in [0.05, 0.1) is 5.69 Å². The summed E-state index contributed by atoms with van der Waals surface area (Å²) < 4.78 is 57.7. The monoisotopic (exact) mass is 568 g/mol. The zero-order chi connectivity index (χ0) is 27.8. The van der Waals surface area contributed by atoms with Crippen LogP contribution in [0.2, 0.25) is 0 Å². The second kappa shape index (κ2) is 11.0. The number of ether oxygens (including phenoxy) is 1. The number of benzene rings is 1. The van der Waals surface area contributed by atoms with E-state index in [0.29, 0.717) is 82.3 Å². The number of amides is 2. The molecule has 5 rings (SSSR count). The molecule has 1 aliphatic carbocycles. The average Bonchev–Trinajstić information content (AvgIpc) is 3.36. The van der Waals surface area contributed by atoms with E-state index in [1.54, 1.807) is 30.1 Å². The van der Waals surface area contributed by atoms with Gasteiger partial charge in [-0.15, -0.1) is 0 Å². The second-order valence-electron chi connectivity index (χ2n) is 10.7. The zero-order valence-electron chi connectivity index (χ0n) is 21.8. The van der Waals surface area contributed by atoms with Gasteiger partial charge in [-0.3, -0.25) is 9.59 Å². The highest BCUT2D eigenvalue weighted by molar-refractivity contribution is 7.13. The Morgan fingerprint density at radius 2 is 1.97 bits per heavy atom. The van der Waals surface area contributed by atoms with Gasteiger partial charge in [-0.05, 0) is 56.2 Å². The summed E-state index contributed by atoms with van der Waals surface area (Å²) in [6.45, 7) is 1.02. The molecule has 1 aromatic carbocycles. The third-order valence-corrected chi connectivity index (χ3v) is 8.99. The minimum Gasteiger partial charge on any atom is -0.460 e. The molecule has 1 saturated carbocycles. The van der Waals surface area contributed by atoms with Gasteiger partial charge < -0.3 is 19.9 Å². The predicted molar refractivity (Wildman–Crippen MR) is 138 cm³/mol. The highest BCUT2D eigenvalue weighted by Gasteiger charge is 2.37. The van der Waals surface area contributed by atoms with E-state index in [1.165, 1.54) is 0 Å². The van der Waals surface area contributed by atoms with E-state index >= 15 is 4.39 Å². The predicted octanol–water partition coefficient (Wildman–Crippen LogP) is 4.54. The molecule has 212 valence electrons. The molecule has 2 aromatic rings. The maximum atomic E-state index is 15.7. The summed E-state index contributed by atoms with van der Waals surface area (Å²) in [6.07, 6.45) is -0.901. The van der Waals surface area contributed by atoms with Crippen LogP contribution in [0.15, 0.2) is 18.2 Å². The number of fused-ring (bicyclic) bond motifs is 2. The molecule has 7 nitrogen and oxygen atoms in total. The number of rotatable bonds is 7. The molecule has 39 heavy (non-hydrogen) atoms. The first kappa shape index (κ1) is 27.8. The number of aromatic nitrogens is 1. The van der Waals surface area contributed by atoms with Crippen LogP contribution in [0, 0.1) is 0 Å².